The number of halogens is 3. The highest BCUT2D eigenvalue weighted by atomic mass is 35.5. The fourth-order valence-corrected chi connectivity index (χ4v) is 3.75. The van der Waals surface area contributed by atoms with Crippen LogP contribution in [0.3, 0.4) is 0 Å². The maximum absolute atomic E-state index is 14.4. The maximum atomic E-state index is 14.4. The van der Waals surface area contributed by atoms with E-state index in [4.69, 9.17) is 16.3 Å². The summed E-state index contributed by atoms with van der Waals surface area (Å²) in [4.78, 5) is 20.8. The van der Waals surface area contributed by atoms with Gasteiger partial charge in [-0.25, -0.2) is 18.7 Å². The Kier molecular flexibility index (Phi) is 8.40. The van der Waals surface area contributed by atoms with Crippen molar-refractivity contribution in [1.29, 1.82) is 0 Å². The Hall–Kier alpha value is -3.63. The van der Waals surface area contributed by atoms with Gasteiger partial charge < -0.3 is 14.6 Å². The van der Waals surface area contributed by atoms with E-state index < -0.39 is 11.6 Å². The molecule has 8 nitrogen and oxygen atoms in total. The van der Waals surface area contributed by atoms with Crippen LogP contribution in [0, 0.1) is 11.6 Å². The van der Waals surface area contributed by atoms with Crippen LogP contribution < -0.4 is 10.9 Å². The minimum absolute atomic E-state index is 0.0193. The lowest BCUT2D eigenvalue weighted by Crippen LogP contribution is -2.28. The van der Waals surface area contributed by atoms with Gasteiger partial charge in [0.25, 0.3) is 5.56 Å². The van der Waals surface area contributed by atoms with Crippen LogP contribution in [-0.2, 0) is 18.3 Å². The lowest BCUT2D eigenvalue weighted by molar-refractivity contribution is 0.0903. The van der Waals surface area contributed by atoms with Crippen LogP contribution >= 0.6 is 11.6 Å². The van der Waals surface area contributed by atoms with Crippen LogP contribution in [0.5, 0.6) is 0 Å². The summed E-state index contributed by atoms with van der Waals surface area (Å²) in [5, 5.41) is 7.04. The van der Waals surface area contributed by atoms with E-state index in [-0.39, 0.29) is 28.9 Å². The van der Waals surface area contributed by atoms with E-state index in [2.05, 4.69) is 20.4 Å². The zero-order valence-electron chi connectivity index (χ0n) is 19.6. The Bertz CT molecular complexity index is 1360. The summed E-state index contributed by atoms with van der Waals surface area (Å²) in [6.45, 7) is 1.47. The van der Waals surface area contributed by atoms with Gasteiger partial charge in [-0.2, -0.15) is 5.10 Å². The van der Waals surface area contributed by atoms with Crippen molar-refractivity contribution in [3.05, 3.63) is 93.8 Å². The van der Waals surface area contributed by atoms with Crippen molar-refractivity contribution in [2.75, 3.05) is 18.5 Å². The summed E-state index contributed by atoms with van der Waals surface area (Å²) < 4.78 is 36.5. The second-order valence-electron chi connectivity index (χ2n) is 8.23. The molecule has 0 radical (unpaired) electrons. The summed E-state index contributed by atoms with van der Waals surface area (Å²) >= 11 is 5.69. The van der Waals surface area contributed by atoms with Crippen molar-refractivity contribution in [2.24, 2.45) is 7.05 Å². The van der Waals surface area contributed by atoms with Gasteiger partial charge in [-0.1, -0.05) is 17.7 Å². The zero-order chi connectivity index (χ0) is 25.5. The minimum Gasteiger partial charge on any atom is -0.381 e. The third-order valence-corrected chi connectivity index (χ3v) is 5.85. The molecule has 0 aliphatic carbocycles. The summed E-state index contributed by atoms with van der Waals surface area (Å²) in [5.41, 5.74) is 0.609. The molecule has 4 aromatic rings. The van der Waals surface area contributed by atoms with Crippen LogP contribution in [0.25, 0.3) is 11.3 Å². The Morgan fingerprint density at radius 2 is 1.94 bits per heavy atom. The molecule has 0 atom stereocenters. The molecule has 36 heavy (non-hydrogen) atoms. The van der Waals surface area contributed by atoms with Crippen molar-refractivity contribution in [2.45, 2.75) is 25.4 Å². The van der Waals surface area contributed by atoms with Crippen molar-refractivity contribution in [1.82, 2.24) is 24.3 Å². The van der Waals surface area contributed by atoms with Gasteiger partial charge in [0.05, 0.1) is 17.8 Å². The molecule has 5 rings (SSSR count). The van der Waals surface area contributed by atoms with E-state index in [0.29, 0.717) is 30.3 Å². The summed E-state index contributed by atoms with van der Waals surface area (Å²) in [6.07, 6.45) is 7.89. The molecular weight excluding hydrogens is 490 g/mol. The first-order chi connectivity index (χ1) is 17.4. The predicted octanol–water partition coefficient (Wildman–Crippen LogP) is 4.30. The Morgan fingerprint density at radius 1 is 1.14 bits per heavy atom. The number of pyridine rings is 1. The number of benzene rings is 1. The first kappa shape index (κ1) is 25.5. The van der Waals surface area contributed by atoms with Gasteiger partial charge >= 0.3 is 0 Å². The number of ether oxygens (including phenoxy) is 1. The van der Waals surface area contributed by atoms with Crippen LogP contribution in [0.2, 0.25) is 5.02 Å². The number of aryl methyl sites for hydroxylation is 1. The van der Waals surface area contributed by atoms with E-state index in [9.17, 15) is 13.6 Å². The summed E-state index contributed by atoms with van der Waals surface area (Å²) in [5.74, 6) is -0.866. The van der Waals surface area contributed by atoms with Crippen LogP contribution in [-0.4, -0.2) is 43.6 Å². The number of nitrogens with zero attached hydrogens (tertiary/aromatic N) is 5. The van der Waals surface area contributed by atoms with Crippen molar-refractivity contribution in [3.63, 3.8) is 0 Å². The third-order valence-electron chi connectivity index (χ3n) is 5.54. The molecule has 0 spiro atoms. The molecule has 11 heteroatoms. The monoisotopic (exact) mass is 514 g/mol. The molecule has 1 fully saturated rings. The molecule has 0 amide bonds. The number of nitrogens with one attached hydrogen (secondary N) is 1. The minimum atomic E-state index is -0.621. The highest BCUT2D eigenvalue weighted by molar-refractivity contribution is 6.30. The second kappa shape index (κ2) is 11.9. The average molecular weight is 515 g/mol. The molecule has 0 saturated carbocycles. The van der Waals surface area contributed by atoms with Gasteiger partial charge in [-0.15, -0.1) is 0 Å². The summed E-state index contributed by atoms with van der Waals surface area (Å²) in [6, 6.07) is 9.30. The molecule has 0 bridgehead atoms. The lowest BCUT2D eigenvalue weighted by Gasteiger charge is -2.23. The van der Waals surface area contributed by atoms with E-state index in [0.717, 1.165) is 19.0 Å². The SMILES string of the molecule is Cn1cccn1.O=c1cc(-c2nc(NC3CCOCC3)ncc2F)ccn1Cc1ccc(Cl)c(F)c1. The smallest absolute Gasteiger partial charge is 0.251 e. The highest BCUT2D eigenvalue weighted by Gasteiger charge is 2.17. The fraction of sp³-hybridized carbons (Fsp3) is 0.280. The number of rotatable bonds is 5. The third kappa shape index (κ3) is 6.73. The first-order valence-electron chi connectivity index (χ1n) is 11.3. The molecule has 1 aliphatic rings. The average Bonchev–Trinajstić information content (AvgIpc) is 3.36. The Balaban J connectivity index is 0.000000445. The van der Waals surface area contributed by atoms with Crippen LogP contribution in [0.1, 0.15) is 18.4 Å². The van der Waals surface area contributed by atoms with Gasteiger partial charge in [-0.3, -0.25) is 9.48 Å². The molecule has 1 aliphatic heterocycles. The predicted molar refractivity (Wildman–Crippen MR) is 133 cm³/mol. The lowest BCUT2D eigenvalue weighted by atomic mass is 10.1. The van der Waals surface area contributed by atoms with E-state index in [1.54, 1.807) is 23.0 Å². The molecule has 188 valence electrons. The summed E-state index contributed by atoms with van der Waals surface area (Å²) in [7, 11) is 1.89. The molecule has 0 unspecified atom stereocenters. The molecule has 3 aromatic heterocycles. The van der Waals surface area contributed by atoms with Crippen LogP contribution in [0.4, 0.5) is 14.7 Å². The topological polar surface area (TPSA) is 86.9 Å². The van der Waals surface area contributed by atoms with E-state index in [1.807, 2.05) is 19.3 Å². The van der Waals surface area contributed by atoms with Gasteiger partial charge in [0.15, 0.2) is 5.82 Å². The number of anilines is 1. The zero-order valence-corrected chi connectivity index (χ0v) is 20.3. The first-order valence-corrected chi connectivity index (χ1v) is 11.7. The van der Waals surface area contributed by atoms with Gasteiger partial charge in [-0.05, 0) is 42.7 Å². The highest BCUT2D eigenvalue weighted by Crippen LogP contribution is 2.21. The van der Waals surface area contributed by atoms with Crippen LogP contribution in [0.15, 0.2) is 66.0 Å². The van der Waals surface area contributed by atoms with Gasteiger partial charge in [0.1, 0.15) is 11.5 Å². The fourth-order valence-electron chi connectivity index (χ4n) is 3.63. The molecule has 1 N–H and O–H groups in total. The van der Waals surface area contributed by atoms with Gasteiger partial charge in [0.2, 0.25) is 5.95 Å². The Morgan fingerprint density at radius 3 is 2.58 bits per heavy atom. The van der Waals surface area contributed by atoms with E-state index in [1.165, 1.54) is 29.0 Å². The number of aromatic nitrogens is 5. The maximum Gasteiger partial charge on any atom is 0.251 e. The molecule has 1 saturated heterocycles. The molecule has 4 heterocycles. The van der Waals surface area contributed by atoms with Crippen molar-refractivity contribution >= 4 is 17.5 Å². The molecule has 1 aromatic carbocycles. The van der Waals surface area contributed by atoms with Crippen molar-refractivity contribution < 1.29 is 13.5 Å². The van der Waals surface area contributed by atoms with E-state index >= 15 is 0 Å². The normalized spacial score (nSPS) is 13.7. The number of hydrogen-bond acceptors (Lipinski definition) is 6. The molecular formula is C25H25ClF2N6O2. The second-order valence-corrected chi connectivity index (χ2v) is 8.64. The van der Waals surface area contributed by atoms with Crippen molar-refractivity contribution in [3.8, 4) is 11.3 Å². The Labute approximate surface area is 211 Å². The number of hydrogen-bond donors (Lipinski definition) is 1. The van der Waals surface area contributed by atoms with Gasteiger partial charge in [0, 0.05) is 56.5 Å². The quantitative estimate of drug-likeness (QED) is 0.427. The largest absolute Gasteiger partial charge is 0.381 e. The standard InChI is InChI=1S/C21H19ClF2N4O2.C4H6N2/c22-16-2-1-13(9-17(16)23)12-28-6-3-14(10-19(28)29)20-18(24)11-25-21(27-20)26-15-4-7-30-8-5-15;1-6-4-2-3-5-6/h1-3,6,9-11,15H,4-5,7-8,12H2,(H,25,26,27);2-4H,1H3.